The van der Waals surface area contributed by atoms with E-state index in [0.717, 1.165) is 18.7 Å². The van der Waals surface area contributed by atoms with Gasteiger partial charge in [0.2, 0.25) is 0 Å². The number of hydrogen-bond donors (Lipinski definition) is 3. The molecule has 0 unspecified atom stereocenters. The van der Waals surface area contributed by atoms with E-state index in [9.17, 15) is 10.2 Å². The van der Waals surface area contributed by atoms with Crippen LogP contribution in [-0.4, -0.2) is 42.3 Å². The fraction of sp³-hybridized carbons (Fsp3) is 0.571. The first kappa shape index (κ1) is 14.8. The number of benzene rings is 1. The summed E-state index contributed by atoms with van der Waals surface area (Å²) in [5.74, 6) is 0.220. The van der Waals surface area contributed by atoms with Crippen LogP contribution in [0.2, 0.25) is 0 Å². The number of phenolic OH excluding ortho intramolecular Hbond substituents is 2. The van der Waals surface area contributed by atoms with Crippen molar-refractivity contribution in [3.63, 3.8) is 0 Å². The number of phenols is 2. The molecule has 0 saturated carbocycles. The Hall–Kier alpha value is -1.26. The van der Waals surface area contributed by atoms with E-state index in [1.807, 2.05) is 0 Å². The topological polar surface area (TPSA) is 55.7 Å². The second-order valence-electron chi connectivity index (χ2n) is 5.82. The average molecular weight is 252 g/mol. The number of nitrogens with one attached hydrogen (secondary N) is 1. The first-order chi connectivity index (χ1) is 8.30. The van der Waals surface area contributed by atoms with Gasteiger partial charge in [0.1, 0.15) is 11.5 Å². The second-order valence-corrected chi connectivity index (χ2v) is 5.82. The van der Waals surface area contributed by atoms with Crippen LogP contribution >= 0.6 is 0 Å². The standard InChI is InChI=1S/C14H24N2O2/c1-14(2,10-16(3)4)9-15-8-11-5-6-12(17)7-13(11)18/h5-7,15,17-18H,8-10H2,1-4H3. The molecule has 1 aromatic rings. The predicted molar refractivity (Wildman–Crippen MR) is 73.8 cm³/mol. The van der Waals surface area contributed by atoms with Crippen LogP contribution in [0.5, 0.6) is 11.5 Å². The minimum Gasteiger partial charge on any atom is -0.508 e. The van der Waals surface area contributed by atoms with Crippen molar-refractivity contribution in [2.45, 2.75) is 20.4 Å². The molecule has 4 heteroatoms. The van der Waals surface area contributed by atoms with Crippen molar-refractivity contribution >= 4 is 0 Å². The van der Waals surface area contributed by atoms with E-state index in [0.29, 0.717) is 6.54 Å². The second kappa shape index (κ2) is 6.07. The third-order valence-corrected chi connectivity index (χ3v) is 2.73. The van der Waals surface area contributed by atoms with E-state index >= 15 is 0 Å². The predicted octanol–water partition coefficient (Wildman–Crippen LogP) is 1.78. The summed E-state index contributed by atoms with van der Waals surface area (Å²) in [4.78, 5) is 2.17. The van der Waals surface area contributed by atoms with Crippen molar-refractivity contribution in [1.29, 1.82) is 0 Å². The van der Waals surface area contributed by atoms with E-state index < -0.39 is 0 Å². The van der Waals surface area contributed by atoms with Crippen LogP contribution < -0.4 is 5.32 Å². The fourth-order valence-corrected chi connectivity index (χ4v) is 2.15. The van der Waals surface area contributed by atoms with E-state index in [2.05, 4.69) is 38.2 Å². The molecule has 102 valence electrons. The van der Waals surface area contributed by atoms with Crippen LogP contribution in [-0.2, 0) is 6.54 Å². The smallest absolute Gasteiger partial charge is 0.123 e. The van der Waals surface area contributed by atoms with Crippen molar-refractivity contribution < 1.29 is 10.2 Å². The Morgan fingerprint density at radius 1 is 1.22 bits per heavy atom. The number of nitrogens with zero attached hydrogens (tertiary/aromatic N) is 1. The van der Waals surface area contributed by atoms with E-state index in [1.165, 1.54) is 6.07 Å². The molecule has 3 N–H and O–H groups in total. The monoisotopic (exact) mass is 252 g/mol. The van der Waals surface area contributed by atoms with Crippen molar-refractivity contribution in [2.75, 3.05) is 27.2 Å². The highest BCUT2D eigenvalue weighted by molar-refractivity contribution is 5.38. The highest BCUT2D eigenvalue weighted by Gasteiger charge is 2.18. The molecule has 0 aromatic heterocycles. The van der Waals surface area contributed by atoms with Gasteiger partial charge in [0.05, 0.1) is 0 Å². The largest absolute Gasteiger partial charge is 0.508 e. The van der Waals surface area contributed by atoms with Gasteiger partial charge < -0.3 is 20.4 Å². The first-order valence-electron chi connectivity index (χ1n) is 6.16. The van der Waals surface area contributed by atoms with Crippen LogP contribution in [0.3, 0.4) is 0 Å². The minimum absolute atomic E-state index is 0.0872. The van der Waals surface area contributed by atoms with E-state index in [1.54, 1.807) is 12.1 Å². The molecule has 0 amide bonds. The van der Waals surface area contributed by atoms with Gasteiger partial charge in [-0.1, -0.05) is 19.9 Å². The molecule has 0 fully saturated rings. The molecule has 0 aliphatic carbocycles. The van der Waals surface area contributed by atoms with Gasteiger partial charge in [-0.25, -0.2) is 0 Å². The van der Waals surface area contributed by atoms with Crippen LogP contribution in [0.1, 0.15) is 19.4 Å². The maximum absolute atomic E-state index is 9.66. The molecular formula is C14H24N2O2. The lowest BCUT2D eigenvalue weighted by atomic mass is 9.93. The lowest BCUT2D eigenvalue weighted by Gasteiger charge is -2.28. The molecule has 0 aliphatic heterocycles. The summed E-state index contributed by atoms with van der Waals surface area (Å²) in [5.41, 5.74) is 0.976. The number of hydrogen-bond acceptors (Lipinski definition) is 4. The minimum atomic E-state index is 0.0872. The third kappa shape index (κ3) is 4.94. The molecule has 0 aliphatic rings. The highest BCUT2D eigenvalue weighted by atomic mass is 16.3. The Morgan fingerprint density at radius 3 is 2.44 bits per heavy atom. The van der Waals surface area contributed by atoms with Crippen LogP contribution in [0.25, 0.3) is 0 Å². The Labute approximate surface area is 109 Å². The zero-order chi connectivity index (χ0) is 13.8. The molecule has 0 spiro atoms. The van der Waals surface area contributed by atoms with Crippen molar-refractivity contribution in [3.05, 3.63) is 23.8 Å². The zero-order valence-corrected chi connectivity index (χ0v) is 11.7. The van der Waals surface area contributed by atoms with Gasteiger partial charge >= 0.3 is 0 Å². The summed E-state index contributed by atoms with van der Waals surface area (Å²) in [7, 11) is 4.13. The lowest BCUT2D eigenvalue weighted by Crippen LogP contribution is -2.37. The van der Waals surface area contributed by atoms with E-state index in [-0.39, 0.29) is 16.9 Å². The lowest BCUT2D eigenvalue weighted by molar-refractivity contribution is 0.232. The summed E-state index contributed by atoms with van der Waals surface area (Å²) in [6.45, 7) is 6.88. The molecule has 0 saturated heterocycles. The van der Waals surface area contributed by atoms with Gasteiger partial charge in [0.15, 0.2) is 0 Å². The zero-order valence-electron chi connectivity index (χ0n) is 11.7. The van der Waals surface area contributed by atoms with Crippen LogP contribution in [0.4, 0.5) is 0 Å². The molecule has 4 nitrogen and oxygen atoms in total. The maximum Gasteiger partial charge on any atom is 0.123 e. The van der Waals surface area contributed by atoms with Crippen LogP contribution in [0, 0.1) is 5.41 Å². The van der Waals surface area contributed by atoms with Crippen LogP contribution in [0.15, 0.2) is 18.2 Å². The molecular weight excluding hydrogens is 228 g/mol. The summed E-state index contributed by atoms with van der Waals surface area (Å²) in [6.07, 6.45) is 0. The molecule has 1 rings (SSSR count). The maximum atomic E-state index is 9.66. The molecule has 0 heterocycles. The summed E-state index contributed by atoms with van der Waals surface area (Å²) >= 11 is 0. The Kier molecular flexibility index (Phi) is 4.99. The molecule has 18 heavy (non-hydrogen) atoms. The summed E-state index contributed by atoms with van der Waals surface area (Å²) < 4.78 is 0. The SMILES string of the molecule is CN(C)CC(C)(C)CNCc1ccc(O)cc1O. The number of rotatable bonds is 6. The molecule has 0 bridgehead atoms. The Morgan fingerprint density at radius 2 is 1.89 bits per heavy atom. The molecule has 0 atom stereocenters. The van der Waals surface area contributed by atoms with Crippen molar-refractivity contribution in [3.8, 4) is 11.5 Å². The highest BCUT2D eigenvalue weighted by Crippen LogP contribution is 2.22. The van der Waals surface area contributed by atoms with Crippen molar-refractivity contribution in [2.24, 2.45) is 5.41 Å². The summed E-state index contributed by atoms with van der Waals surface area (Å²) in [5, 5.41) is 22.2. The summed E-state index contributed by atoms with van der Waals surface area (Å²) in [6, 6.07) is 4.68. The van der Waals surface area contributed by atoms with Gasteiger partial charge in [-0.15, -0.1) is 0 Å². The van der Waals surface area contributed by atoms with Gasteiger partial charge in [0.25, 0.3) is 0 Å². The Bertz CT molecular complexity index is 389. The van der Waals surface area contributed by atoms with Crippen molar-refractivity contribution in [1.82, 2.24) is 10.2 Å². The number of aromatic hydroxyl groups is 2. The van der Waals surface area contributed by atoms with Gasteiger partial charge in [-0.05, 0) is 25.6 Å². The average Bonchev–Trinajstić information content (AvgIpc) is 2.19. The van der Waals surface area contributed by atoms with Gasteiger partial charge in [-0.2, -0.15) is 0 Å². The molecule has 1 aromatic carbocycles. The fourth-order valence-electron chi connectivity index (χ4n) is 2.15. The normalized spacial score (nSPS) is 12.1. The van der Waals surface area contributed by atoms with E-state index in [4.69, 9.17) is 0 Å². The Balaban J connectivity index is 2.46. The van der Waals surface area contributed by atoms with Gasteiger partial charge in [0, 0.05) is 31.3 Å². The van der Waals surface area contributed by atoms with Gasteiger partial charge in [-0.3, -0.25) is 0 Å². The first-order valence-corrected chi connectivity index (χ1v) is 6.16. The molecule has 0 radical (unpaired) electrons. The third-order valence-electron chi connectivity index (χ3n) is 2.73. The quantitative estimate of drug-likeness (QED) is 0.722.